The van der Waals surface area contributed by atoms with Crippen LogP contribution in [-0.4, -0.2) is 30.3 Å². The maximum absolute atomic E-state index is 11.8. The molecular weight excluding hydrogens is 264 g/mol. The van der Waals surface area contributed by atoms with Crippen LogP contribution in [0.2, 0.25) is 5.02 Å². The molecule has 1 rings (SSSR count). The minimum absolute atomic E-state index is 0.107. The summed E-state index contributed by atoms with van der Waals surface area (Å²) in [6.45, 7) is 3.35. The Hall–Kier alpha value is -0.880. The molecule has 0 aliphatic heterocycles. The number of aromatic nitrogens is 2. The summed E-state index contributed by atoms with van der Waals surface area (Å²) in [5.74, 6) is -0.965. The zero-order valence-electron chi connectivity index (χ0n) is 9.94. The molecule has 0 amide bonds. The first-order valence-corrected chi connectivity index (χ1v) is 6.94. The maximum Gasteiger partial charge on any atom is 0.318 e. The summed E-state index contributed by atoms with van der Waals surface area (Å²) < 4.78 is 13.3. The fraction of sp³-hybridized carbons (Fsp3) is 0.600. The molecule has 0 aromatic carbocycles. The van der Waals surface area contributed by atoms with Crippen molar-refractivity contribution in [3.05, 3.63) is 16.4 Å². The summed E-state index contributed by atoms with van der Waals surface area (Å²) in [5, 5.41) is 12.5. The Morgan fingerprint density at radius 3 is 2.65 bits per heavy atom. The van der Waals surface area contributed by atoms with Gasteiger partial charge in [-0.15, -0.1) is 0 Å². The first kappa shape index (κ1) is 14.2. The quantitative estimate of drug-likeness (QED) is 0.883. The molecule has 0 fully saturated rings. The van der Waals surface area contributed by atoms with Gasteiger partial charge in [0.05, 0.1) is 22.2 Å². The van der Waals surface area contributed by atoms with E-state index in [9.17, 15) is 9.00 Å². The molecule has 1 heterocycles. The molecule has 96 valence electrons. The first-order chi connectivity index (χ1) is 7.88. The van der Waals surface area contributed by atoms with Crippen LogP contribution in [0.3, 0.4) is 0 Å². The third-order valence-electron chi connectivity index (χ3n) is 2.52. The Balaban J connectivity index is 2.92. The van der Waals surface area contributed by atoms with E-state index >= 15 is 0 Å². The van der Waals surface area contributed by atoms with Crippen molar-refractivity contribution in [2.24, 2.45) is 7.05 Å². The van der Waals surface area contributed by atoms with Gasteiger partial charge in [0.25, 0.3) is 0 Å². The fourth-order valence-corrected chi connectivity index (χ4v) is 2.86. The van der Waals surface area contributed by atoms with Crippen molar-refractivity contribution in [2.45, 2.75) is 31.3 Å². The van der Waals surface area contributed by atoms with Crippen LogP contribution >= 0.6 is 11.6 Å². The molecule has 1 aromatic heterocycles. The Labute approximate surface area is 107 Å². The number of aryl methyl sites for hydroxylation is 2. The second-order valence-corrected chi connectivity index (χ2v) is 5.83. The van der Waals surface area contributed by atoms with Gasteiger partial charge < -0.3 is 5.11 Å². The number of carbonyl (C=O) groups is 1. The Morgan fingerprint density at radius 2 is 2.24 bits per heavy atom. The minimum atomic E-state index is -1.50. The van der Waals surface area contributed by atoms with Gasteiger partial charge in [0.2, 0.25) is 0 Å². The number of hydrogen-bond donors (Lipinski definition) is 1. The second kappa shape index (κ2) is 5.64. The van der Waals surface area contributed by atoms with E-state index in [1.807, 2.05) is 6.92 Å². The van der Waals surface area contributed by atoms with E-state index in [0.29, 0.717) is 17.1 Å². The lowest BCUT2D eigenvalue weighted by Gasteiger charge is -2.07. The summed E-state index contributed by atoms with van der Waals surface area (Å²) in [5.41, 5.74) is 1.36. The van der Waals surface area contributed by atoms with E-state index in [1.165, 1.54) is 6.92 Å². The molecule has 1 aromatic rings. The highest BCUT2D eigenvalue weighted by atomic mass is 35.5. The highest BCUT2D eigenvalue weighted by Gasteiger charge is 2.22. The lowest BCUT2D eigenvalue weighted by atomic mass is 10.3. The normalized spacial score (nSPS) is 14.6. The number of carboxylic acids is 1. The van der Waals surface area contributed by atoms with Gasteiger partial charge in [-0.2, -0.15) is 5.10 Å². The number of halogens is 1. The second-order valence-electron chi connectivity index (χ2n) is 3.69. The van der Waals surface area contributed by atoms with Gasteiger partial charge >= 0.3 is 5.97 Å². The molecule has 2 atom stereocenters. The molecule has 1 N–H and O–H groups in total. The molecule has 7 heteroatoms. The lowest BCUT2D eigenvalue weighted by Crippen LogP contribution is -2.23. The standard InChI is InChI=1S/C10H15ClN2O3S/c1-4-7-9(11)8(13(3)12-7)5-17(16)6(2)10(14)15/h6H,4-5H2,1-3H3,(H,14,15). The van der Waals surface area contributed by atoms with E-state index in [4.69, 9.17) is 16.7 Å². The molecule has 0 aliphatic rings. The molecule has 0 saturated carbocycles. The average Bonchev–Trinajstić information content (AvgIpc) is 2.55. The summed E-state index contributed by atoms with van der Waals surface area (Å²) in [7, 11) is 0.211. The van der Waals surface area contributed by atoms with Crippen LogP contribution in [0.4, 0.5) is 0 Å². The third kappa shape index (κ3) is 3.07. The molecule has 0 aliphatic carbocycles. The van der Waals surface area contributed by atoms with Crippen molar-refractivity contribution in [2.75, 3.05) is 0 Å². The van der Waals surface area contributed by atoms with Crippen LogP contribution in [0.25, 0.3) is 0 Å². The molecular formula is C10H15ClN2O3S. The van der Waals surface area contributed by atoms with Gasteiger partial charge in [-0.3, -0.25) is 13.7 Å². The van der Waals surface area contributed by atoms with Gasteiger partial charge in [-0.1, -0.05) is 18.5 Å². The summed E-state index contributed by atoms with van der Waals surface area (Å²) in [4.78, 5) is 10.7. The van der Waals surface area contributed by atoms with Crippen molar-refractivity contribution < 1.29 is 14.1 Å². The fourth-order valence-electron chi connectivity index (χ4n) is 1.35. The topological polar surface area (TPSA) is 72.2 Å². The Morgan fingerprint density at radius 1 is 1.65 bits per heavy atom. The monoisotopic (exact) mass is 278 g/mol. The lowest BCUT2D eigenvalue weighted by molar-refractivity contribution is -0.136. The van der Waals surface area contributed by atoms with Crippen molar-refractivity contribution in [1.82, 2.24) is 9.78 Å². The van der Waals surface area contributed by atoms with Gasteiger partial charge in [0.15, 0.2) is 0 Å². The number of nitrogens with zero attached hydrogens (tertiary/aromatic N) is 2. The summed E-state index contributed by atoms with van der Waals surface area (Å²) >= 11 is 6.09. The highest BCUT2D eigenvalue weighted by Crippen LogP contribution is 2.22. The van der Waals surface area contributed by atoms with Crippen molar-refractivity contribution in [3.63, 3.8) is 0 Å². The largest absolute Gasteiger partial charge is 0.480 e. The highest BCUT2D eigenvalue weighted by molar-refractivity contribution is 7.85. The third-order valence-corrected chi connectivity index (χ3v) is 4.51. The number of rotatable bonds is 5. The molecule has 0 bridgehead atoms. The summed E-state index contributed by atoms with van der Waals surface area (Å²) in [6.07, 6.45) is 0.688. The van der Waals surface area contributed by atoms with Gasteiger partial charge in [0.1, 0.15) is 5.25 Å². The van der Waals surface area contributed by atoms with Crippen molar-refractivity contribution in [1.29, 1.82) is 0 Å². The Bertz CT molecular complexity index is 459. The molecule has 5 nitrogen and oxygen atoms in total. The van der Waals surface area contributed by atoms with Crippen LogP contribution in [0.15, 0.2) is 0 Å². The number of carboxylic acid groups (broad SMARTS) is 1. The van der Waals surface area contributed by atoms with E-state index in [2.05, 4.69) is 5.10 Å². The van der Waals surface area contributed by atoms with Gasteiger partial charge in [-0.25, -0.2) is 0 Å². The number of aliphatic carboxylic acids is 1. The van der Waals surface area contributed by atoms with Crippen molar-refractivity contribution >= 4 is 28.4 Å². The van der Waals surface area contributed by atoms with E-state index in [0.717, 1.165) is 5.69 Å². The molecule has 0 spiro atoms. The number of hydrogen-bond acceptors (Lipinski definition) is 3. The predicted octanol–water partition coefficient (Wildman–Crippen LogP) is 1.36. The van der Waals surface area contributed by atoms with Gasteiger partial charge in [-0.05, 0) is 13.3 Å². The Kier molecular flexibility index (Phi) is 4.70. The molecule has 2 unspecified atom stereocenters. The maximum atomic E-state index is 11.8. The van der Waals surface area contributed by atoms with E-state index in [-0.39, 0.29) is 5.75 Å². The SMILES string of the molecule is CCc1nn(C)c(CS(=O)C(C)C(=O)O)c1Cl. The molecule has 17 heavy (non-hydrogen) atoms. The summed E-state index contributed by atoms with van der Waals surface area (Å²) in [6, 6.07) is 0. The van der Waals surface area contributed by atoms with Crippen LogP contribution in [0, 0.1) is 0 Å². The van der Waals surface area contributed by atoms with Crippen LogP contribution < -0.4 is 0 Å². The van der Waals surface area contributed by atoms with Crippen LogP contribution in [-0.2, 0) is 34.8 Å². The zero-order chi connectivity index (χ0) is 13.2. The molecule has 0 saturated heterocycles. The predicted molar refractivity (Wildman–Crippen MR) is 66.5 cm³/mol. The van der Waals surface area contributed by atoms with Gasteiger partial charge in [0, 0.05) is 17.8 Å². The molecule has 0 radical (unpaired) electrons. The van der Waals surface area contributed by atoms with Crippen molar-refractivity contribution in [3.8, 4) is 0 Å². The minimum Gasteiger partial charge on any atom is -0.480 e. The van der Waals surface area contributed by atoms with E-state index in [1.54, 1.807) is 11.7 Å². The smallest absolute Gasteiger partial charge is 0.318 e. The van der Waals surface area contributed by atoms with Crippen LogP contribution in [0.1, 0.15) is 25.2 Å². The first-order valence-electron chi connectivity index (χ1n) is 5.18. The average molecular weight is 279 g/mol. The van der Waals surface area contributed by atoms with Crippen LogP contribution in [0.5, 0.6) is 0 Å². The van der Waals surface area contributed by atoms with E-state index < -0.39 is 22.0 Å². The zero-order valence-corrected chi connectivity index (χ0v) is 11.5.